The van der Waals surface area contributed by atoms with Crippen molar-refractivity contribution in [1.82, 2.24) is 0 Å². The lowest BCUT2D eigenvalue weighted by Gasteiger charge is -2.12. The van der Waals surface area contributed by atoms with Crippen molar-refractivity contribution in [2.45, 2.75) is 39.9 Å². The Kier molecular flexibility index (Phi) is 6.76. The molecule has 0 aliphatic carbocycles. The maximum Gasteiger partial charge on any atom is 0.311 e. The average molecular weight is 173 g/mol. The first kappa shape index (κ1) is 11.4. The van der Waals surface area contributed by atoms with Crippen LogP contribution in [0.2, 0.25) is 0 Å². The summed E-state index contributed by atoms with van der Waals surface area (Å²) < 4.78 is 10.0. The maximum absolute atomic E-state index is 10.7. The zero-order valence-electron chi connectivity index (χ0n) is 8.00. The number of esters is 1. The Morgan fingerprint density at radius 2 is 2.25 bits per heavy atom. The fourth-order valence-electron chi connectivity index (χ4n) is 0.659. The largest absolute Gasteiger partial charge is 0.436 e. The second-order valence-corrected chi connectivity index (χ2v) is 2.52. The van der Waals surface area contributed by atoms with Gasteiger partial charge in [-0.1, -0.05) is 20.3 Å². The van der Waals surface area contributed by atoms with Crippen LogP contribution in [0.1, 0.15) is 33.6 Å². The van der Waals surface area contributed by atoms with Gasteiger partial charge in [0.2, 0.25) is 0 Å². The molecule has 0 aromatic carbocycles. The Morgan fingerprint density at radius 1 is 1.58 bits per heavy atom. The van der Waals surface area contributed by atoms with Gasteiger partial charge in [-0.2, -0.15) is 0 Å². The van der Waals surface area contributed by atoms with Crippen molar-refractivity contribution in [3.8, 4) is 0 Å². The summed E-state index contributed by atoms with van der Waals surface area (Å²) >= 11 is 0. The summed E-state index contributed by atoms with van der Waals surface area (Å²) in [7, 11) is 0. The normalized spacial score (nSPS) is 12.6. The van der Waals surface area contributed by atoms with Gasteiger partial charge >= 0.3 is 5.97 Å². The van der Waals surface area contributed by atoms with E-state index in [1.165, 1.54) is 6.42 Å². The van der Waals surface area contributed by atoms with E-state index in [0.717, 1.165) is 12.8 Å². The van der Waals surface area contributed by atoms with Crippen molar-refractivity contribution in [2.24, 2.45) is 0 Å². The first-order valence-corrected chi connectivity index (χ1v) is 4.32. The van der Waals surface area contributed by atoms with E-state index in [4.69, 9.17) is 9.47 Å². The zero-order valence-corrected chi connectivity index (χ0v) is 8.00. The van der Waals surface area contributed by atoms with Gasteiger partial charge in [-0.3, -0.25) is 4.79 Å². The van der Waals surface area contributed by atoms with E-state index < -0.39 is 6.29 Å². The van der Waals surface area contributed by atoms with Gasteiger partial charge < -0.3 is 9.47 Å². The second kappa shape index (κ2) is 7.10. The first-order chi connectivity index (χ1) is 5.70. The summed E-state index contributed by atoms with van der Waals surface area (Å²) in [5.74, 6) is -0.334. The molecule has 0 aromatic heterocycles. The number of hydrogen-bond acceptors (Lipinski definition) is 3. The number of carbonyl (C=O) groups is 1. The maximum atomic E-state index is 10.7. The summed E-state index contributed by atoms with van der Waals surface area (Å²) in [5, 5.41) is 0. The molecule has 0 aliphatic rings. The van der Waals surface area contributed by atoms with Gasteiger partial charge in [0.05, 0.1) is 13.0 Å². The van der Waals surface area contributed by atoms with Crippen molar-refractivity contribution in [3.05, 3.63) is 6.42 Å². The third kappa shape index (κ3) is 6.16. The summed E-state index contributed by atoms with van der Waals surface area (Å²) in [6.07, 6.45) is 3.03. The Hall–Kier alpha value is -0.570. The number of carbonyl (C=O) groups excluding carboxylic acids is 1. The molecule has 1 atom stereocenters. The summed E-state index contributed by atoms with van der Waals surface area (Å²) in [6, 6.07) is 0. The smallest absolute Gasteiger partial charge is 0.311 e. The molecule has 1 radical (unpaired) electrons. The monoisotopic (exact) mass is 173 g/mol. The van der Waals surface area contributed by atoms with Crippen LogP contribution in [0.4, 0.5) is 0 Å². The van der Waals surface area contributed by atoms with Gasteiger partial charge in [-0.05, 0) is 13.3 Å². The molecule has 0 amide bonds. The molecule has 3 nitrogen and oxygen atoms in total. The summed E-state index contributed by atoms with van der Waals surface area (Å²) in [4.78, 5) is 10.7. The van der Waals surface area contributed by atoms with Crippen LogP contribution >= 0.6 is 0 Å². The quantitative estimate of drug-likeness (QED) is 0.349. The van der Waals surface area contributed by atoms with E-state index in [1.807, 2.05) is 0 Å². The van der Waals surface area contributed by atoms with Crippen molar-refractivity contribution >= 4 is 5.97 Å². The van der Waals surface area contributed by atoms with Gasteiger partial charge in [0, 0.05) is 0 Å². The molecule has 71 valence electrons. The molecular formula is C9H17O3. The SMILES string of the molecule is C[CH]C(=O)OC(C)OCCCC. The van der Waals surface area contributed by atoms with Crippen molar-refractivity contribution in [2.75, 3.05) is 6.61 Å². The summed E-state index contributed by atoms with van der Waals surface area (Å²) in [5.41, 5.74) is 0. The van der Waals surface area contributed by atoms with Gasteiger partial charge in [-0.15, -0.1) is 0 Å². The Bertz CT molecular complexity index is 123. The molecule has 0 spiro atoms. The van der Waals surface area contributed by atoms with Crippen molar-refractivity contribution < 1.29 is 14.3 Å². The molecule has 3 heteroatoms. The van der Waals surface area contributed by atoms with Crippen LogP contribution in [0, 0.1) is 6.42 Å². The predicted molar refractivity (Wildman–Crippen MR) is 46.4 cm³/mol. The minimum Gasteiger partial charge on any atom is -0.436 e. The molecule has 0 fully saturated rings. The average Bonchev–Trinajstić information content (AvgIpc) is 2.05. The topological polar surface area (TPSA) is 35.5 Å². The first-order valence-electron chi connectivity index (χ1n) is 4.32. The van der Waals surface area contributed by atoms with Gasteiger partial charge in [0.25, 0.3) is 0 Å². The highest BCUT2D eigenvalue weighted by Crippen LogP contribution is 1.98. The van der Waals surface area contributed by atoms with Crippen LogP contribution in [0.5, 0.6) is 0 Å². The zero-order chi connectivity index (χ0) is 9.40. The fourth-order valence-corrected chi connectivity index (χ4v) is 0.659. The van der Waals surface area contributed by atoms with E-state index in [9.17, 15) is 4.79 Å². The number of rotatable bonds is 6. The van der Waals surface area contributed by atoms with E-state index in [1.54, 1.807) is 13.8 Å². The molecule has 0 bridgehead atoms. The van der Waals surface area contributed by atoms with Gasteiger partial charge in [-0.25, -0.2) is 0 Å². The van der Waals surface area contributed by atoms with Gasteiger partial charge in [0.1, 0.15) is 0 Å². The Morgan fingerprint density at radius 3 is 2.75 bits per heavy atom. The van der Waals surface area contributed by atoms with E-state index in [0.29, 0.717) is 6.61 Å². The highest BCUT2D eigenvalue weighted by Gasteiger charge is 2.06. The molecular weight excluding hydrogens is 156 g/mol. The molecule has 0 N–H and O–H groups in total. The third-order valence-corrected chi connectivity index (χ3v) is 1.37. The molecule has 0 heterocycles. The van der Waals surface area contributed by atoms with E-state index >= 15 is 0 Å². The number of ether oxygens (including phenoxy) is 2. The standard InChI is InChI=1S/C9H17O3/c1-4-6-7-11-8(3)12-9(10)5-2/h5,8H,4,6-7H2,1-3H3. The molecule has 0 saturated carbocycles. The molecule has 0 aliphatic heterocycles. The highest BCUT2D eigenvalue weighted by molar-refractivity contribution is 5.78. The highest BCUT2D eigenvalue weighted by atomic mass is 16.7. The molecule has 12 heavy (non-hydrogen) atoms. The molecule has 0 saturated heterocycles. The van der Waals surface area contributed by atoms with Crippen LogP contribution in [0.15, 0.2) is 0 Å². The number of unbranched alkanes of at least 4 members (excludes halogenated alkanes) is 1. The van der Waals surface area contributed by atoms with Crippen LogP contribution < -0.4 is 0 Å². The van der Waals surface area contributed by atoms with E-state index in [2.05, 4.69) is 6.92 Å². The van der Waals surface area contributed by atoms with Gasteiger partial charge in [0.15, 0.2) is 6.29 Å². The van der Waals surface area contributed by atoms with Crippen LogP contribution in [-0.4, -0.2) is 18.9 Å². The summed E-state index contributed by atoms with van der Waals surface area (Å²) in [6.45, 7) is 6.09. The van der Waals surface area contributed by atoms with Crippen LogP contribution in [0.25, 0.3) is 0 Å². The fraction of sp³-hybridized carbons (Fsp3) is 0.778. The second-order valence-electron chi connectivity index (χ2n) is 2.52. The van der Waals surface area contributed by atoms with Crippen molar-refractivity contribution in [1.29, 1.82) is 0 Å². The molecule has 0 aromatic rings. The van der Waals surface area contributed by atoms with Crippen molar-refractivity contribution in [3.63, 3.8) is 0 Å². The molecule has 0 rings (SSSR count). The lowest BCUT2D eigenvalue weighted by atomic mass is 10.4. The Balaban J connectivity index is 3.32. The number of hydrogen-bond donors (Lipinski definition) is 0. The lowest BCUT2D eigenvalue weighted by Crippen LogP contribution is -2.18. The third-order valence-electron chi connectivity index (χ3n) is 1.37. The minimum absolute atomic E-state index is 0.334. The van der Waals surface area contributed by atoms with E-state index in [-0.39, 0.29) is 5.97 Å². The lowest BCUT2D eigenvalue weighted by molar-refractivity contribution is -0.170. The van der Waals surface area contributed by atoms with Crippen LogP contribution in [-0.2, 0) is 14.3 Å². The Labute approximate surface area is 74.0 Å². The minimum atomic E-state index is -0.430. The predicted octanol–water partition coefficient (Wildman–Crippen LogP) is 1.92. The molecule has 1 unspecified atom stereocenters. The van der Waals surface area contributed by atoms with Crippen LogP contribution in [0.3, 0.4) is 0 Å².